The average Bonchev–Trinajstić information content (AvgIpc) is 3.51. The van der Waals surface area contributed by atoms with Crippen LogP contribution in [0.5, 0.6) is 0 Å². The van der Waals surface area contributed by atoms with Gasteiger partial charge in [-0.1, -0.05) is 5.16 Å². The third-order valence-electron chi connectivity index (χ3n) is 6.28. The monoisotopic (exact) mass is 491 g/mol. The van der Waals surface area contributed by atoms with Gasteiger partial charge in [-0.25, -0.2) is 0 Å². The number of hydrogen-bond donors (Lipinski definition) is 1. The van der Waals surface area contributed by atoms with E-state index in [9.17, 15) is 0 Å². The molecule has 9 nitrogen and oxygen atoms in total. The lowest BCUT2D eigenvalue weighted by Gasteiger charge is -2.21. The number of oxime groups is 1. The minimum absolute atomic E-state index is 0.0700. The molecule has 3 aromatic heterocycles. The SMILES string of the molecule is CC(=NOCCO)c1ccc2nnc(Sc3ccc4ncc(N5CCC(N(C)C)C5)cc4c3)n2c1. The Morgan fingerprint density at radius 1 is 1.23 bits per heavy atom. The largest absolute Gasteiger partial charge is 0.393 e. The summed E-state index contributed by atoms with van der Waals surface area (Å²) in [6, 6.07) is 12.9. The topological polar surface area (TPSA) is 91.4 Å². The van der Waals surface area contributed by atoms with E-state index in [1.807, 2.05) is 35.9 Å². The Labute approximate surface area is 208 Å². The zero-order valence-corrected chi connectivity index (χ0v) is 20.9. The molecule has 5 rings (SSSR count). The van der Waals surface area contributed by atoms with Crippen LogP contribution < -0.4 is 4.90 Å². The maximum Gasteiger partial charge on any atom is 0.200 e. The van der Waals surface area contributed by atoms with Gasteiger partial charge in [-0.05, 0) is 75.6 Å². The number of nitrogens with zero attached hydrogens (tertiary/aromatic N) is 7. The number of pyridine rings is 2. The van der Waals surface area contributed by atoms with Gasteiger partial charge >= 0.3 is 0 Å². The summed E-state index contributed by atoms with van der Waals surface area (Å²) < 4.78 is 1.95. The molecule has 10 heteroatoms. The van der Waals surface area contributed by atoms with Crippen molar-refractivity contribution < 1.29 is 9.94 Å². The molecule has 1 atom stereocenters. The van der Waals surface area contributed by atoms with E-state index in [2.05, 4.69) is 63.5 Å². The van der Waals surface area contributed by atoms with Crippen LogP contribution in [0.15, 0.2) is 64.0 Å². The minimum atomic E-state index is -0.0700. The second-order valence-corrected chi connectivity index (χ2v) is 9.90. The molecule has 1 aromatic carbocycles. The van der Waals surface area contributed by atoms with E-state index in [0.29, 0.717) is 11.8 Å². The van der Waals surface area contributed by atoms with E-state index in [1.165, 1.54) is 12.1 Å². The summed E-state index contributed by atoms with van der Waals surface area (Å²) in [6.07, 6.45) is 5.10. The minimum Gasteiger partial charge on any atom is -0.393 e. The van der Waals surface area contributed by atoms with Gasteiger partial charge in [0.25, 0.3) is 0 Å². The molecule has 1 saturated heterocycles. The van der Waals surface area contributed by atoms with Gasteiger partial charge in [0.05, 0.1) is 29.7 Å². The summed E-state index contributed by atoms with van der Waals surface area (Å²) in [7, 11) is 4.29. The van der Waals surface area contributed by atoms with Crippen molar-refractivity contribution >= 4 is 39.7 Å². The molecule has 1 N–H and O–H groups in total. The average molecular weight is 492 g/mol. The fourth-order valence-electron chi connectivity index (χ4n) is 4.23. The molecule has 1 unspecified atom stereocenters. The first kappa shape index (κ1) is 23.5. The third-order valence-corrected chi connectivity index (χ3v) is 7.23. The third kappa shape index (κ3) is 5.09. The Bertz CT molecular complexity index is 1370. The highest BCUT2D eigenvalue weighted by Gasteiger charge is 2.24. The Morgan fingerprint density at radius 3 is 2.91 bits per heavy atom. The van der Waals surface area contributed by atoms with E-state index in [0.717, 1.165) is 45.3 Å². The summed E-state index contributed by atoms with van der Waals surface area (Å²) >= 11 is 1.56. The summed E-state index contributed by atoms with van der Waals surface area (Å²) in [5.74, 6) is 0. The van der Waals surface area contributed by atoms with Crippen LogP contribution in [0.2, 0.25) is 0 Å². The number of aliphatic hydroxyl groups is 1. The summed E-state index contributed by atoms with van der Waals surface area (Å²) in [5, 5.41) is 23.5. The molecule has 0 spiro atoms. The van der Waals surface area contributed by atoms with Crippen LogP contribution in [0.4, 0.5) is 5.69 Å². The van der Waals surface area contributed by atoms with Crippen LogP contribution in [-0.4, -0.2) is 81.7 Å². The number of anilines is 1. The fraction of sp³-hybridized carbons (Fsp3) is 0.360. The van der Waals surface area contributed by atoms with Crippen LogP contribution in [0.3, 0.4) is 0 Å². The van der Waals surface area contributed by atoms with Crippen molar-refractivity contribution in [3.8, 4) is 0 Å². The van der Waals surface area contributed by atoms with E-state index < -0.39 is 0 Å². The molecule has 0 radical (unpaired) electrons. The van der Waals surface area contributed by atoms with Crippen molar-refractivity contribution in [1.82, 2.24) is 24.5 Å². The fourth-order valence-corrected chi connectivity index (χ4v) is 5.09. The maximum absolute atomic E-state index is 8.88. The van der Waals surface area contributed by atoms with Crippen molar-refractivity contribution in [3.05, 3.63) is 54.4 Å². The second kappa shape index (κ2) is 10.2. The molecular formula is C25H29N7O2S. The lowest BCUT2D eigenvalue weighted by atomic mass is 10.2. The van der Waals surface area contributed by atoms with Crippen LogP contribution in [0.1, 0.15) is 18.9 Å². The lowest BCUT2D eigenvalue weighted by molar-refractivity contribution is 0.0986. The first-order valence-electron chi connectivity index (χ1n) is 11.6. The molecule has 0 amide bonds. The van der Waals surface area contributed by atoms with Crippen molar-refractivity contribution in [2.24, 2.45) is 5.16 Å². The number of rotatable bonds is 8. The van der Waals surface area contributed by atoms with Crippen molar-refractivity contribution in [2.45, 2.75) is 29.4 Å². The van der Waals surface area contributed by atoms with Gasteiger partial charge in [0.2, 0.25) is 0 Å². The Balaban J connectivity index is 1.39. The molecule has 1 fully saturated rings. The standard InChI is InChI=1S/C25H29N7O2S/c1-17(29-34-11-10-33)18-4-7-24-27-28-25(32(24)15-18)35-22-5-6-23-19(13-22)12-21(14-26-23)31-9-8-20(16-31)30(2)3/h4-7,12-15,20,33H,8-11,16H2,1-3H3. The molecule has 4 aromatic rings. The maximum atomic E-state index is 8.88. The highest BCUT2D eigenvalue weighted by atomic mass is 32.2. The van der Waals surface area contributed by atoms with Crippen molar-refractivity contribution in [2.75, 3.05) is 45.3 Å². The van der Waals surface area contributed by atoms with Crippen molar-refractivity contribution in [3.63, 3.8) is 0 Å². The summed E-state index contributed by atoms with van der Waals surface area (Å²) in [5.41, 5.74) is 4.51. The molecular weight excluding hydrogens is 462 g/mol. The number of likely N-dealkylation sites (N-methyl/N-ethyl adjacent to an activating group) is 1. The normalized spacial score (nSPS) is 16.7. The van der Waals surface area contributed by atoms with Gasteiger partial charge in [-0.2, -0.15) is 0 Å². The van der Waals surface area contributed by atoms with Crippen LogP contribution in [0, 0.1) is 0 Å². The summed E-state index contributed by atoms with van der Waals surface area (Å²) in [6.45, 7) is 4.03. The lowest BCUT2D eigenvalue weighted by Crippen LogP contribution is -2.31. The quantitative estimate of drug-likeness (QED) is 0.228. The number of fused-ring (bicyclic) bond motifs is 2. The van der Waals surface area contributed by atoms with Gasteiger partial charge in [-0.3, -0.25) is 9.38 Å². The molecule has 1 aliphatic rings. The summed E-state index contributed by atoms with van der Waals surface area (Å²) in [4.78, 5) is 15.6. The van der Waals surface area contributed by atoms with Gasteiger partial charge in [0.1, 0.15) is 6.61 Å². The van der Waals surface area contributed by atoms with E-state index in [1.54, 1.807) is 11.8 Å². The Kier molecular flexibility index (Phi) is 6.85. The number of aliphatic hydroxyl groups excluding tert-OH is 1. The van der Waals surface area contributed by atoms with E-state index in [-0.39, 0.29) is 13.2 Å². The first-order chi connectivity index (χ1) is 17.0. The first-order valence-corrected chi connectivity index (χ1v) is 12.4. The number of benzene rings is 1. The molecule has 0 bridgehead atoms. The molecule has 0 aliphatic carbocycles. The number of hydrogen-bond acceptors (Lipinski definition) is 9. The molecule has 4 heterocycles. The van der Waals surface area contributed by atoms with Gasteiger partial charge in [-0.15, -0.1) is 10.2 Å². The molecule has 182 valence electrons. The second-order valence-electron chi connectivity index (χ2n) is 8.86. The van der Waals surface area contributed by atoms with Gasteiger partial charge in [0, 0.05) is 41.2 Å². The molecule has 35 heavy (non-hydrogen) atoms. The van der Waals surface area contributed by atoms with Crippen molar-refractivity contribution in [1.29, 1.82) is 0 Å². The molecule has 0 saturated carbocycles. The van der Waals surface area contributed by atoms with Gasteiger partial charge < -0.3 is 19.7 Å². The smallest absolute Gasteiger partial charge is 0.200 e. The van der Waals surface area contributed by atoms with Crippen LogP contribution >= 0.6 is 11.8 Å². The Hall–Kier alpha value is -3.21. The zero-order valence-electron chi connectivity index (χ0n) is 20.1. The highest BCUT2D eigenvalue weighted by Crippen LogP contribution is 2.31. The predicted octanol–water partition coefficient (Wildman–Crippen LogP) is 3.30. The number of aromatic nitrogens is 4. The van der Waals surface area contributed by atoms with Gasteiger partial charge in [0.15, 0.2) is 10.8 Å². The Morgan fingerprint density at radius 2 is 2.11 bits per heavy atom. The predicted molar refractivity (Wildman–Crippen MR) is 138 cm³/mol. The molecule has 1 aliphatic heterocycles. The highest BCUT2D eigenvalue weighted by molar-refractivity contribution is 7.99. The van der Waals surface area contributed by atoms with E-state index in [4.69, 9.17) is 14.9 Å². The van der Waals surface area contributed by atoms with Crippen LogP contribution in [-0.2, 0) is 4.84 Å². The van der Waals surface area contributed by atoms with E-state index >= 15 is 0 Å². The zero-order chi connectivity index (χ0) is 24.4. The van der Waals surface area contributed by atoms with Crippen LogP contribution in [0.25, 0.3) is 16.6 Å².